The second-order valence-corrected chi connectivity index (χ2v) is 5.67. The van der Waals surface area contributed by atoms with Crippen LogP contribution in [-0.4, -0.2) is 26.0 Å². The molecule has 0 aliphatic heterocycles. The van der Waals surface area contributed by atoms with Gasteiger partial charge in [-0.1, -0.05) is 28.4 Å². The normalized spacial score (nSPS) is 14.4. The molecular weight excluding hydrogens is 317 g/mol. The number of nitro benzene ring substituents is 1. The van der Waals surface area contributed by atoms with E-state index in [1.807, 2.05) is 0 Å². The molecular formula is C12H11Cl2N5O2. The maximum absolute atomic E-state index is 11.1. The van der Waals surface area contributed by atoms with Crippen molar-refractivity contribution >= 4 is 28.9 Å². The molecule has 1 N–H and O–H groups in total. The van der Waals surface area contributed by atoms with E-state index in [2.05, 4.69) is 15.6 Å². The SMILES string of the molecule is O=[N+]([O-])c1cc(Cl)cc(Cl)c1-n1cc(CNC2CC2)nn1. The summed E-state index contributed by atoms with van der Waals surface area (Å²) in [5.74, 6) is 0. The molecule has 9 heteroatoms. The summed E-state index contributed by atoms with van der Waals surface area (Å²) in [5, 5.41) is 22.7. The Balaban J connectivity index is 1.93. The van der Waals surface area contributed by atoms with Crippen LogP contribution in [0.1, 0.15) is 18.5 Å². The van der Waals surface area contributed by atoms with E-state index >= 15 is 0 Å². The Morgan fingerprint density at radius 3 is 2.86 bits per heavy atom. The minimum absolute atomic E-state index is 0.154. The fourth-order valence-corrected chi connectivity index (χ4v) is 2.51. The summed E-state index contributed by atoms with van der Waals surface area (Å²) in [5.41, 5.74) is 0.651. The van der Waals surface area contributed by atoms with Crippen molar-refractivity contribution in [1.29, 1.82) is 0 Å². The highest BCUT2D eigenvalue weighted by Crippen LogP contribution is 2.33. The number of nitrogens with one attached hydrogen (secondary N) is 1. The molecule has 0 saturated heterocycles. The van der Waals surface area contributed by atoms with E-state index < -0.39 is 4.92 Å². The summed E-state index contributed by atoms with van der Waals surface area (Å²) in [4.78, 5) is 10.6. The van der Waals surface area contributed by atoms with Gasteiger partial charge >= 0.3 is 0 Å². The third-order valence-electron chi connectivity index (χ3n) is 3.12. The summed E-state index contributed by atoms with van der Waals surface area (Å²) in [6.07, 6.45) is 3.96. The molecule has 1 saturated carbocycles. The zero-order valence-corrected chi connectivity index (χ0v) is 12.3. The minimum atomic E-state index is -0.545. The number of rotatable bonds is 5. The molecule has 1 aliphatic rings. The predicted octanol–water partition coefficient (Wildman–Crippen LogP) is 2.73. The van der Waals surface area contributed by atoms with Crippen molar-refractivity contribution in [2.75, 3.05) is 0 Å². The zero-order valence-electron chi connectivity index (χ0n) is 10.8. The van der Waals surface area contributed by atoms with Crippen molar-refractivity contribution in [1.82, 2.24) is 20.3 Å². The van der Waals surface area contributed by atoms with Gasteiger partial charge in [0.15, 0.2) is 5.69 Å². The highest BCUT2D eigenvalue weighted by Gasteiger charge is 2.23. The Morgan fingerprint density at radius 2 is 2.19 bits per heavy atom. The van der Waals surface area contributed by atoms with Crippen molar-refractivity contribution in [3.63, 3.8) is 0 Å². The van der Waals surface area contributed by atoms with Gasteiger partial charge in [0, 0.05) is 23.7 Å². The first kappa shape index (κ1) is 14.2. The first-order valence-electron chi connectivity index (χ1n) is 6.33. The average Bonchev–Trinajstić information content (AvgIpc) is 3.14. The third kappa shape index (κ3) is 3.15. The summed E-state index contributed by atoms with van der Waals surface area (Å²) in [6.45, 7) is 0.573. The Bertz CT molecular complexity index is 699. The molecule has 3 rings (SSSR count). The standard InChI is InChI=1S/C12H11Cl2N5O2/c13-7-3-10(14)12(11(4-7)19(20)21)18-6-9(16-17-18)5-15-8-1-2-8/h3-4,6,8,15H,1-2,5H2. The van der Waals surface area contributed by atoms with Gasteiger partial charge in [0.25, 0.3) is 5.69 Å². The van der Waals surface area contributed by atoms with Gasteiger partial charge in [0.1, 0.15) is 0 Å². The van der Waals surface area contributed by atoms with Gasteiger partial charge in [-0.15, -0.1) is 5.10 Å². The van der Waals surface area contributed by atoms with Crippen molar-refractivity contribution in [2.45, 2.75) is 25.4 Å². The van der Waals surface area contributed by atoms with E-state index in [0.29, 0.717) is 18.3 Å². The van der Waals surface area contributed by atoms with E-state index in [4.69, 9.17) is 23.2 Å². The largest absolute Gasteiger partial charge is 0.308 e. The van der Waals surface area contributed by atoms with Gasteiger partial charge in [-0.05, 0) is 18.9 Å². The number of hydrogen-bond acceptors (Lipinski definition) is 5. The van der Waals surface area contributed by atoms with Gasteiger partial charge in [-0.2, -0.15) is 0 Å². The molecule has 1 aliphatic carbocycles. The highest BCUT2D eigenvalue weighted by atomic mass is 35.5. The van der Waals surface area contributed by atoms with Crippen LogP contribution in [0.4, 0.5) is 5.69 Å². The van der Waals surface area contributed by atoms with Gasteiger partial charge < -0.3 is 5.32 Å². The van der Waals surface area contributed by atoms with Crippen LogP contribution in [0.2, 0.25) is 10.0 Å². The first-order chi connectivity index (χ1) is 10.0. The molecule has 0 bridgehead atoms. The minimum Gasteiger partial charge on any atom is -0.308 e. The van der Waals surface area contributed by atoms with Crippen LogP contribution in [0.5, 0.6) is 0 Å². The van der Waals surface area contributed by atoms with Crippen molar-refractivity contribution in [3.05, 3.63) is 44.2 Å². The molecule has 21 heavy (non-hydrogen) atoms. The Kier molecular flexibility index (Phi) is 3.79. The Labute approximate surface area is 130 Å². The van der Waals surface area contributed by atoms with Crippen LogP contribution in [0.25, 0.3) is 5.69 Å². The third-order valence-corrected chi connectivity index (χ3v) is 3.63. The highest BCUT2D eigenvalue weighted by molar-refractivity contribution is 6.36. The lowest BCUT2D eigenvalue weighted by atomic mass is 10.2. The van der Waals surface area contributed by atoms with E-state index in [1.165, 1.54) is 29.7 Å². The fourth-order valence-electron chi connectivity index (χ4n) is 1.94. The smallest absolute Gasteiger partial charge is 0.297 e. The van der Waals surface area contributed by atoms with E-state index in [9.17, 15) is 10.1 Å². The van der Waals surface area contributed by atoms with Crippen LogP contribution >= 0.6 is 23.2 Å². The molecule has 0 spiro atoms. The predicted molar refractivity (Wildman–Crippen MR) is 77.9 cm³/mol. The molecule has 1 aromatic heterocycles. The summed E-state index contributed by atoms with van der Waals surface area (Å²) >= 11 is 11.9. The topological polar surface area (TPSA) is 85.9 Å². The number of benzene rings is 1. The number of aromatic nitrogens is 3. The first-order valence-corrected chi connectivity index (χ1v) is 7.08. The maximum atomic E-state index is 11.1. The van der Waals surface area contributed by atoms with Crippen molar-refractivity contribution in [3.8, 4) is 5.69 Å². The quantitative estimate of drug-likeness (QED) is 0.674. The van der Waals surface area contributed by atoms with Gasteiger partial charge in [-0.25, -0.2) is 4.68 Å². The van der Waals surface area contributed by atoms with Crippen molar-refractivity contribution < 1.29 is 4.92 Å². The van der Waals surface area contributed by atoms with E-state index in [1.54, 1.807) is 6.20 Å². The lowest BCUT2D eigenvalue weighted by molar-refractivity contribution is -0.384. The molecule has 0 amide bonds. The number of halogens is 2. The molecule has 1 fully saturated rings. The zero-order chi connectivity index (χ0) is 15.0. The molecule has 7 nitrogen and oxygen atoms in total. The monoisotopic (exact) mass is 327 g/mol. The van der Waals surface area contributed by atoms with Crippen LogP contribution in [0.3, 0.4) is 0 Å². The van der Waals surface area contributed by atoms with Gasteiger partial charge in [0.05, 0.1) is 21.8 Å². The maximum Gasteiger partial charge on any atom is 0.297 e. The number of nitrogens with zero attached hydrogens (tertiary/aromatic N) is 4. The fraction of sp³-hybridized carbons (Fsp3) is 0.333. The Hall–Kier alpha value is -1.70. The van der Waals surface area contributed by atoms with Gasteiger partial charge in [-0.3, -0.25) is 10.1 Å². The molecule has 1 heterocycles. The van der Waals surface area contributed by atoms with Crippen LogP contribution in [0.15, 0.2) is 18.3 Å². The van der Waals surface area contributed by atoms with Crippen LogP contribution in [0, 0.1) is 10.1 Å². The van der Waals surface area contributed by atoms with Crippen LogP contribution < -0.4 is 5.32 Å². The molecule has 0 radical (unpaired) electrons. The Morgan fingerprint density at radius 1 is 1.43 bits per heavy atom. The second kappa shape index (κ2) is 5.59. The lowest BCUT2D eigenvalue weighted by Crippen LogP contribution is -2.15. The number of nitro groups is 1. The summed E-state index contributed by atoms with van der Waals surface area (Å²) < 4.78 is 1.31. The van der Waals surface area contributed by atoms with Gasteiger partial charge in [0.2, 0.25) is 0 Å². The molecule has 110 valence electrons. The second-order valence-electron chi connectivity index (χ2n) is 4.82. The van der Waals surface area contributed by atoms with E-state index in [0.717, 1.165) is 0 Å². The number of hydrogen-bond donors (Lipinski definition) is 1. The van der Waals surface area contributed by atoms with Crippen molar-refractivity contribution in [2.24, 2.45) is 0 Å². The molecule has 2 aromatic rings. The average molecular weight is 328 g/mol. The van der Waals surface area contributed by atoms with Crippen LogP contribution in [-0.2, 0) is 6.54 Å². The lowest BCUT2D eigenvalue weighted by Gasteiger charge is -2.05. The molecule has 0 atom stereocenters. The summed E-state index contributed by atoms with van der Waals surface area (Å²) in [7, 11) is 0. The summed E-state index contributed by atoms with van der Waals surface area (Å²) in [6, 6.07) is 3.23. The van der Waals surface area contributed by atoms with E-state index in [-0.39, 0.29) is 21.4 Å². The molecule has 0 unspecified atom stereocenters. The molecule has 1 aromatic carbocycles.